The highest BCUT2D eigenvalue weighted by molar-refractivity contribution is 5.96. The minimum atomic E-state index is -1.76. The number of ether oxygens (including phenoxy) is 12. The van der Waals surface area contributed by atoms with Crippen LogP contribution in [0.2, 0.25) is 0 Å². The molecule has 10 unspecified atom stereocenters. The monoisotopic (exact) mass is 1790 g/mol. The van der Waals surface area contributed by atoms with Gasteiger partial charge in [-0.25, -0.2) is 9.59 Å². The molecular formula is C79H123N15O32. The van der Waals surface area contributed by atoms with Crippen LogP contribution in [0.5, 0.6) is 11.5 Å². The van der Waals surface area contributed by atoms with Crippen LogP contribution < -0.4 is 79.5 Å². The van der Waals surface area contributed by atoms with E-state index in [-0.39, 0.29) is 84.8 Å². The van der Waals surface area contributed by atoms with Crippen LogP contribution in [0.4, 0.5) is 43.7 Å². The van der Waals surface area contributed by atoms with Gasteiger partial charge in [0.05, 0.1) is 94.1 Å². The summed E-state index contributed by atoms with van der Waals surface area (Å²) >= 11 is 0. The number of nitrogens with one attached hydrogen (secondary N) is 8. The van der Waals surface area contributed by atoms with Crippen LogP contribution in [0, 0.1) is 20.2 Å². The number of carbonyl (C=O) groups excluding carboxylic acids is 4. The molecule has 8 rings (SSSR count). The summed E-state index contributed by atoms with van der Waals surface area (Å²) in [5.74, 6) is -1.63. The molecule has 0 aromatic heterocycles. The third-order valence-electron chi connectivity index (χ3n) is 20.8. The second kappa shape index (κ2) is 55.5. The maximum Gasteiger partial charge on any atom is 0.407 e. The van der Waals surface area contributed by atoms with Crippen LogP contribution in [0.3, 0.4) is 0 Å². The normalized spacial score (nSPS) is 21.0. The van der Waals surface area contributed by atoms with E-state index in [2.05, 4.69) is 62.1 Å². The molecule has 4 aromatic rings. The molecule has 4 saturated heterocycles. The number of aliphatic hydroxyl groups excluding tert-OH is 8. The molecule has 4 aromatic carbocycles. The van der Waals surface area contributed by atoms with E-state index in [9.17, 15) is 99.4 Å². The predicted octanol–water partition coefficient (Wildman–Crippen LogP) is -4.50. The second-order valence-electron chi connectivity index (χ2n) is 30.3. The topological polar surface area (TPSA) is 631 Å². The Balaban J connectivity index is 0.515. The Bertz CT molecular complexity index is 3850. The lowest BCUT2D eigenvalue weighted by molar-refractivity contribution is -0.385. The van der Waals surface area contributed by atoms with Crippen molar-refractivity contribution in [2.75, 3.05) is 258 Å². The van der Waals surface area contributed by atoms with Crippen LogP contribution in [0.25, 0.3) is 0 Å². The van der Waals surface area contributed by atoms with Crippen molar-refractivity contribution in [1.29, 1.82) is 0 Å². The van der Waals surface area contributed by atoms with Gasteiger partial charge in [-0.2, -0.15) is 0 Å². The maximum atomic E-state index is 13.1. The molecule has 18 N–H and O–H groups in total. The Kier molecular flexibility index (Phi) is 45.1. The van der Waals surface area contributed by atoms with Crippen LogP contribution in [-0.4, -0.2) is 398 Å². The molecule has 4 heterocycles. The average molecular weight is 1790 g/mol. The molecule has 0 spiro atoms. The van der Waals surface area contributed by atoms with Gasteiger partial charge in [-0.15, -0.1) is 0 Å². The molecule has 126 heavy (non-hydrogen) atoms. The van der Waals surface area contributed by atoms with E-state index in [1.807, 2.05) is 0 Å². The van der Waals surface area contributed by atoms with Gasteiger partial charge in [0.15, 0.2) is 0 Å². The first-order chi connectivity index (χ1) is 60.8. The summed E-state index contributed by atoms with van der Waals surface area (Å²) in [6, 6.07) is 5.86. The van der Waals surface area contributed by atoms with Crippen molar-refractivity contribution >= 4 is 58.1 Å². The lowest BCUT2D eigenvalue weighted by Gasteiger charge is -2.39. The third-order valence-corrected chi connectivity index (χ3v) is 20.8. The van der Waals surface area contributed by atoms with Crippen molar-refractivity contribution in [2.45, 2.75) is 119 Å². The molecule has 4 aliphatic heterocycles. The van der Waals surface area contributed by atoms with Gasteiger partial charge in [-0.3, -0.25) is 49.0 Å². The number of amides is 4. The van der Waals surface area contributed by atoms with E-state index in [1.165, 1.54) is 12.1 Å². The standard InChI is InChI=1S/C79H123N15O32/c80-53(49-121-78(109)87-15-7-31-117-35-39-119-37-33-115-29-5-13-83-62-60(66(99)68(62)101)81-9-1-17-89-21-25-91(26-22-89)19-3-11-85-74(107)51-41-54(93(111)112)45-56(43-51)123-76-72(105)70(103)64(97)58(47-95)125-76)50-122-79(110)88-16-8-32-118-36-40-120-38-34-116-30-6-14-84-63-61(67(100)69(63)102)82-10-2-18-90-23-27-92(28-24-90)20-4-12-86-75(108)52-42-55(94(113)114)46-57(44-52)124-77-73(106)71(104)65(98)59(48-96)126-77/h41-46,53,58-59,64-65,70-73,76-77,81-84,95-98,103-106H,1-40,47-50,80H2,(H,85,107)(H,86,108)(H,87,109)(H,88,110). The van der Waals surface area contributed by atoms with Gasteiger partial charge in [-0.1, -0.05) is 0 Å². The average Bonchev–Trinajstić information content (AvgIpc) is 1.28. The van der Waals surface area contributed by atoms with E-state index in [4.69, 9.17) is 62.6 Å². The number of rotatable bonds is 62. The molecular weight excluding hydrogens is 1670 g/mol. The van der Waals surface area contributed by atoms with E-state index in [1.54, 1.807) is 0 Å². The summed E-state index contributed by atoms with van der Waals surface area (Å²) in [4.78, 5) is 131. The molecule has 0 bridgehead atoms. The van der Waals surface area contributed by atoms with Crippen LogP contribution in [0.15, 0.2) is 55.6 Å². The Morgan fingerprint density at radius 3 is 0.976 bits per heavy atom. The zero-order chi connectivity index (χ0) is 90.7. The predicted molar refractivity (Wildman–Crippen MR) is 451 cm³/mol. The van der Waals surface area contributed by atoms with Crippen molar-refractivity contribution in [3.63, 3.8) is 0 Å². The first-order valence-corrected chi connectivity index (χ1v) is 42.5. The lowest BCUT2D eigenvalue weighted by atomic mass is 9.99. The molecule has 47 heteroatoms. The molecule has 706 valence electrons. The van der Waals surface area contributed by atoms with Crippen LogP contribution in [-0.2, 0) is 47.4 Å². The summed E-state index contributed by atoms with van der Waals surface area (Å²) in [5, 5.41) is 126. The summed E-state index contributed by atoms with van der Waals surface area (Å²) < 4.78 is 65.4. The highest BCUT2D eigenvalue weighted by Gasteiger charge is 2.46. The fourth-order valence-corrected chi connectivity index (χ4v) is 13.7. The summed E-state index contributed by atoms with van der Waals surface area (Å²) in [6.45, 7) is 14.7. The van der Waals surface area contributed by atoms with Crippen molar-refractivity contribution in [3.8, 4) is 11.5 Å². The summed E-state index contributed by atoms with van der Waals surface area (Å²) in [6.07, 6.45) is -12.5. The quantitative estimate of drug-likeness (QED) is 0.00857. The van der Waals surface area contributed by atoms with Gasteiger partial charge in [0.25, 0.3) is 44.9 Å². The van der Waals surface area contributed by atoms with Gasteiger partial charge in [0.1, 0.15) is 96.3 Å². The number of hydrogen-bond acceptors (Lipinski definition) is 41. The van der Waals surface area contributed by atoms with Crippen LogP contribution >= 0.6 is 0 Å². The lowest BCUT2D eigenvalue weighted by Crippen LogP contribution is -2.60. The molecule has 0 aliphatic carbocycles. The number of carbonyl (C=O) groups is 4. The molecule has 0 radical (unpaired) electrons. The van der Waals surface area contributed by atoms with Crippen molar-refractivity contribution in [1.82, 2.24) is 40.9 Å². The van der Waals surface area contributed by atoms with Gasteiger partial charge < -0.3 is 166 Å². The summed E-state index contributed by atoms with van der Waals surface area (Å²) in [7, 11) is 0. The van der Waals surface area contributed by atoms with Gasteiger partial charge in [-0.05, 0) is 89.7 Å². The molecule has 10 atom stereocenters. The van der Waals surface area contributed by atoms with Crippen molar-refractivity contribution in [3.05, 3.63) is 109 Å². The number of alkyl carbamates (subject to hydrolysis) is 2. The molecule has 4 amide bonds. The first-order valence-electron chi connectivity index (χ1n) is 42.5. The highest BCUT2D eigenvalue weighted by Crippen LogP contribution is 2.31. The SMILES string of the molecule is NC(COC(=O)NCCCOCCOCCOCCCNc1c(NCCCN2CCN(CCCNC(=O)c3cc(OC4OC(CO)C(O)C(O)C4O)cc([N+](=O)[O-])c3)CC2)c(=O)c1=O)COC(=O)NCCCOCCOCCOCCCNc1c(NCCCN2CCN(CCCNC(=O)c3cc(OC4OC(CO)C(O)C(O)C4O)cc([N+](=O)[O-])c3)CC2)c(=O)c1=O. The summed E-state index contributed by atoms with van der Waals surface area (Å²) in [5.41, 5.74) is 3.67. The molecule has 47 nitrogen and oxygen atoms in total. The number of non-ortho nitro benzene ring substituents is 2. The maximum absolute atomic E-state index is 13.1. The minimum absolute atomic E-state index is 0.0889. The highest BCUT2D eigenvalue weighted by atomic mass is 16.7. The van der Waals surface area contributed by atoms with Gasteiger partial charge >= 0.3 is 12.2 Å². The number of nitrogens with zero attached hydrogens (tertiary/aromatic N) is 6. The first kappa shape index (κ1) is 102. The number of anilines is 4. The van der Waals surface area contributed by atoms with Crippen LogP contribution in [0.1, 0.15) is 72.1 Å². The van der Waals surface area contributed by atoms with Crippen molar-refractivity contribution < 1.29 is 127 Å². The molecule has 0 saturated carbocycles. The fraction of sp³-hybridized carbons (Fsp3) is 0.696. The van der Waals surface area contributed by atoms with E-state index in [0.29, 0.717) is 157 Å². The van der Waals surface area contributed by atoms with E-state index < -0.39 is 148 Å². The van der Waals surface area contributed by atoms with Gasteiger partial charge in [0, 0.05) is 154 Å². The number of nitro groups is 2. The molecule has 4 aliphatic rings. The van der Waals surface area contributed by atoms with Crippen molar-refractivity contribution in [2.24, 2.45) is 5.73 Å². The largest absolute Gasteiger partial charge is 0.462 e. The number of nitrogens with two attached hydrogens (primary N) is 1. The Hall–Kier alpha value is -9.16. The van der Waals surface area contributed by atoms with E-state index in [0.717, 1.165) is 103 Å². The zero-order valence-electron chi connectivity index (χ0n) is 70.6. The number of piperazine rings is 2. The zero-order valence-corrected chi connectivity index (χ0v) is 70.6. The number of aliphatic hydroxyl groups is 8. The Morgan fingerprint density at radius 1 is 0.397 bits per heavy atom. The Morgan fingerprint density at radius 2 is 0.675 bits per heavy atom. The smallest absolute Gasteiger partial charge is 0.407 e. The third kappa shape index (κ3) is 34.1. The number of hydrogen-bond donors (Lipinski definition) is 17. The molecule has 4 fully saturated rings. The van der Waals surface area contributed by atoms with Gasteiger partial charge in [0.2, 0.25) is 12.6 Å². The fourth-order valence-electron chi connectivity index (χ4n) is 13.7. The second-order valence-corrected chi connectivity index (χ2v) is 30.3. The Labute approximate surface area is 725 Å². The number of benzene rings is 2. The number of nitro benzene ring substituents is 2. The minimum Gasteiger partial charge on any atom is -0.462 e. The van der Waals surface area contributed by atoms with E-state index >= 15 is 0 Å².